The molecule has 0 heterocycles. The van der Waals surface area contributed by atoms with Crippen molar-refractivity contribution in [2.24, 2.45) is 0 Å². The van der Waals surface area contributed by atoms with Gasteiger partial charge in [-0.25, -0.2) is 4.79 Å². The number of hydrogen-bond donors (Lipinski definition) is 1. The van der Waals surface area contributed by atoms with Crippen molar-refractivity contribution < 1.29 is 14.6 Å². The standard InChI is InChI=1S/C25H33NO3/c1-18(2)26(19(3)4)24(27)29-23(21-15-11-8-12-16-21)17-22(25(5,6)28)20-13-9-7-10-14-20/h7-19,22,28H,1-6H3/b23-17-/t22-/m0/s1. The molecule has 0 aliphatic rings. The molecule has 0 fully saturated rings. The molecule has 2 aromatic carbocycles. The molecular formula is C25H33NO3. The monoisotopic (exact) mass is 395 g/mol. The van der Waals surface area contributed by atoms with Crippen LogP contribution < -0.4 is 0 Å². The SMILES string of the molecule is CC(C)N(C(=O)O/C(=C\[C@@H](c1ccccc1)C(C)(C)O)c1ccccc1)C(C)C. The lowest BCUT2D eigenvalue weighted by molar-refractivity contribution is 0.0642. The molecule has 0 bridgehead atoms. The van der Waals surface area contributed by atoms with Crippen LogP contribution in [0.15, 0.2) is 66.7 Å². The van der Waals surface area contributed by atoms with Crippen LogP contribution in [0.3, 0.4) is 0 Å². The third kappa shape index (κ3) is 6.20. The Bertz CT molecular complexity index is 797. The fourth-order valence-electron chi connectivity index (χ4n) is 3.48. The van der Waals surface area contributed by atoms with Gasteiger partial charge in [0.1, 0.15) is 5.76 Å². The van der Waals surface area contributed by atoms with Crippen LogP contribution in [0, 0.1) is 0 Å². The van der Waals surface area contributed by atoms with Crippen LogP contribution in [0.2, 0.25) is 0 Å². The van der Waals surface area contributed by atoms with Crippen molar-refractivity contribution in [3.05, 3.63) is 77.9 Å². The van der Waals surface area contributed by atoms with Gasteiger partial charge in [-0.3, -0.25) is 0 Å². The second kappa shape index (κ2) is 9.75. The number of nitrogens with zero attached hydrogens (tertiary/aromatic N) is 1. The second-order valence-electron chi connectivity index (χ2n) is 8.40. The second-order valence-corrected chi connectivity index (χ2v) is 8.40. The molecule has 1 N–H and O–H groups in total. The first-order chi connectivity index (χ1) is 13.6. The van der Waals surface area contributed by atoms with Crippen LogP contribution in [0.5, 0.6) is 0 Å². The summed E-state index contributed by atoms with van der Waals surface area (Å²) in [6.07, 6.45) is 1.45. The van der Waals surface area contributed by atoms with E-state index in [9.17, 15) is 9.90 Å². The first kappa shape index (κ1) is 22.7. The highest BCUT2D eigenvalue weighted by molar-refractivity contribution is 5.77. The summed E-state index contributed by atoms with van der Waals surface area (Å²) >= 11 is 0. The summed E-state index contributed by atoms with van der Waals surface area (Å²) in [4.78, 5) is 14.7. The third-order valence-corrected chi connectivity index (χ3v) is 4.82. The van der Waals surface area contributed by atoms with Gasteiger partial charge < -0.3 is 14.7 Å². The highest BCUT2D eigenvalue weighted by atomic mass is 16.6. The van der Waals surface area contributed by atoms with E-state index in [2.05, 4.69) is 0 Å². The van der Waals surface area contributed by atoms with Crippen LogP contribution >= 0.6 is 0 Å². The Kier molecular flexibility index (Phi) is 7.63. The molecule has 2 rings (SSSR count). The smallest absolute Gasteiger partial charge is 0.410 e. The molecule has 0 aromatic heterocycles. The van der Waals surface area contributed by atoms with Gasteiger partial charge in [-0.1, -0.05) is 60.7 Å². The molecule has 0 unspecified atom stereocenters. The van der Waals surface area contributed by atoms with Gasteiger partial charge in [0.05, 0.1) is 5.60 Å². The van der Waals surface area contributed by atoms with Gasteiger partial charge >= 0.3 is 6.09 Å². The van der Waals surface area contributed by atoms with E-state index in [1.54, 1.807) is 18.7 Å². The summed E-state index contributed by atoms with van der Waals surface area (Å²) in [6.45, 7) is 11.4. The van der Waals surface area contributed by atoms with Gasteiger partial charge in [0.2, 0.25) is 0 Å². The van der Waals surface area contributed by atoms with E-state index < -0.39 is 11.7 Å². The molecule has 29 heavy (non-hydrogen) atoms. The van der Waals surface area contributed by atoms with Crippen molar-refractivity contribution in [3.63, 3.8) is 0 Å². The molecule has 1 atom stereocenters. The molecule has 2 aromatic rings. The zero-order chi connectivity index (χ0) is 21.6. The van der Waals surface area contributed by atoms with Gasteiger partial charge in [-0.05, 0) is 53.2 Å². The Morgan fingerprint density at radius 3 is 1.86 bits per heavy atom. The Labute approximate surface area is 174 Å². The van der Waals surface area contributed by atoms with Gasteiger partial charge in [0.25, 0.3) is 0 Å². The summed E-state index contributed by atoms with van der Waals surface area (Å²) in [5.41, 5.74) is 0.705. The van der Waals surface area contributed by atoms with Crippen LogP contribution in [-0.2, 0) is 4.74 Å². The zero-order valence-electron chi connectivity index (χ0n) is 18.3. The zero-order valence-corrected chi connectivity index (χ0v) is 18.3. The molecule has 4 heteroatoms. The van der Waals surface area contributed by atoms with Crippen molar-refractivity contribution >= 4 is 11.9 Å². The van der Waals surface area contributed by atoms with Gasteiger partial charge in [-0.2, -0.15) is 0 Å². The summed E-state index contributed by atoms with van der Waals surface area (Å²) in [7, 11) is 0. The fraction of sp³-hybridized carbons (Fsp3) is 0.400. The normalized spacial score (nSPS) is 13.5. The first-order valence-electron chi connectivity index (χ1n) is 10.2. The fourth-order valence-corrected chi connectivity index (χ4v) is 3.48. The lowest BCUT2D eigenvalue weighted by atomic mass is 9.84. The lowest BCUT2D eigenvalue weighted by Crippen LogP contribution is -2.42. The summed E-state index contributed by atoms with van der Waals surface area (Å²) in [5, 5.41) is 10.9. The minimum atomic E-state index is -1.04. The minimum absolute atomic E-state index is 0.0127. The van der Waals surface area contributed by atoms with Crippen molar-refractivity contribution in [1.29, 1.82) is 0 Å². The molecule has 0 aliphatic carbocycles. The van der Waals surface area contributed by atoms with Crippen molar-refractivity contribution in [2.75, 3.05) is 0 Å². The maximum Gasteiger partial charge on any atom is 0.415 e. The Hall–Kier alpha value is -2.59. The largest absolute Gasteiger partial charge is 0.415 e. The Morgan fingerprint density at radius 2 is 1.41 bits per heavy atom. The van der Waals surface area contributed by atoms with Crippen LogP contribution in [0.25, 0.3) is 5.76 Å². The molecule has 0 aliphatic heterocycles. The number of hydrogen-bond acceptors (Lipinski definition) is 3. The molecule has 1 amide bonds. The number of amides is 1. The molecule has 0 radical (unpaired) electrons. The summed E-state index contributed by atoms with van der Waals surface area (Å²) < 4.78 is 5.91. The average Bonchev–Trinajstić information content (AvgIpc) is 2.64. The van der Waals surface area contributed by atoms with Gasteiger partial charge in [0.15, 0.2) is 0 Å². The maximum absolute atomic E-state index is 13.0. The predicted octanol–water partition coefficient (Wildman–Crippen LogP) is 5.84. The van der Waals surface area contributed by atoms with E-state index >= 15 is 0 Å². The van der Waals surface area contributed by atoms with E-state index in [4.69, 9.17) is 4.74 Å². The van der Waals surface area contributed by atoms with Gasteiger partial charge in [0, 0.05) is 23.6 Å². The molecule has 0 spiro atoms. The third-order valence-electron chi connectivity index (χ3n) is 4.82. The molecule has 0 saturated heterocycles. The number of carbonyl (C=O) groups excluding carboxylic acids is 1. The lowest BCUT2D eigenvalue weighted by Gasteiger charge is -2.31. The van der Waals surface area contributed by atoms with E-state index in [0.29, 0.717) is 5.76 Å². The number of rotatable bonds is 7. The molecule has 156 valence electrons. The topological polar surface area (TPSA) is 49.8 Å². The molecule has 4 nitrogen and oxygen atoms in total. The van der Waals surface area contributed by atoms with Crippen molar-refractivity contribution in [1.82, 2.24) is 4.90 Å². The number of aliphatic hydroxyl groups is 1. The quantitative estimate of drug-likeness (QED) is 0.599. The highest BCUT2D eigenvalue weighted by Crippen LogP contribution is 2.33. The molecular weight excluding hydrogens is 362 g/mol. The average molecular weight is 396 g/mol. The Morgan fingerprint density at radius 1 is 0.931 bits per heavy atom. The van der Waals surface area contributed by atoms with Gasteiger partial charge in [-0.15, -0.1) is 0 Å². The van der Waals surface area contributed by atoms with E-state index in [1.807, 2.05) is 94.4 Å². The first-order valence-corrected chi connectivity index (χ1v) is 10.2. The predicted molar refractivity (Wildman–Crippen MR) is 118 cm³/mol. The number of benzene rings is 2. The van der Waals surface area contributed by atoms with E-state index in [0.717, 1.165) is 11.1 Å². The minimum Gasteiger partial charge on any atom is -0.410 e. The van der Waals surface area contributed by atoms with Crippen LogP contribution in [0.4, 0.5) is 4.79 Å². The van der Waals surface area contributed by atoms with Crippen molar-refractivity contribution in [3.8, 4) is 0 Å². The Balaban J connectivity index is 2.51. The summed E-state index contributed by atoms with van der Waals surface area (Å²) in [6, 6.07) is 19.3. The summed E-state index contributed by atoms with van der Waals surface area (Å²) in [5.74, 6) is 0.0936. The number of carbonyl (C=O) groups is 1. The van der Waals surface area contributed by atoms with Crippen molar-refractivity contribution in [2.45, 2.75) is 65.1 Å². The maximum atomic E-state index is 13.0. The van der Waals surface area contributed by atoms with Crippen LogP contribution in [-0.4, -0.2) is 33.8 Å². The van der Waals surface area contributed by atoms with E-state index in [-0.39, 0.29) is 18.0 Å². The van der Waals surface area contributed by atoms with Crippen LogP contribution in [0.1, 0.15) is 58.6 Å². The number of ether oxygens (including phenoxy) is 1. The molecule has 0 saturated carbocycles. The highest BCUT2D eigenvalue weighted by Gasteiger charge is 2.29. The van der Waals surface area contributed by atoms with E-state index in [1.165, 1.54) is 0 Å².